The molecule has 1 aliphatic carbocycles. The van der Waals surface area contributed by atoms with E-state index in [1.807, 2.05) is 6.92 Å². The number of ether oxygens (including phenoxy) is 10. The highest BCUT2D eigenvalue weighted by molar-refractivity contribution is 7.16. The van der Waals surface area contributed by atoms with Crippen molar-refractivity contribution in [1.82, 2.24) is 0 Å². The third kappa shape index (κ3) is 15.7. The number of benzene rings is 2. The molecule has 0 atom stereocenters. The smallest absolute Gasteiger partial charge is 0.380 e. The maximum atomic E-state index is 15.9. The second-order valence-corrected chi connectivity index (χ2v) is 16.8. The van der Waals surface area contributed by atoms with E-state index in [9.17, 15) is 0 Å². The number of allylic oxidation sites excluding steroid dienone is 2. The second-order valence-electron chi connectivity index (χ2n) is 14.3. The quantitative estimate of drug-likeness (QED) is 0.0352. The summed E-state index contributed by atoms with van der Waals surface area (Å²) in [5, 5.41) is 0. The molecule has 370 valence electrons. The van der Waals surface area contributed by atoms with E-state index < -0.39 is 28.9 Å². The van der Waals surface area contributed by atoms with Crippen LogP contribution in [0.3, 0.4) is 0 Å². The van der Waals surface area contributed by atoms with Gasteiger partial charge in [-0.15, -0.1) is 22.7 Å². The molecule has 5 rings (SSSR count). The summed E-state index contributed by atoms with van der Waals surface area (Å²) in [4.78, 5) is 17.5. The molecular formula is C47H56F6O12S2. The third-order valence-electron chi connectivity index (χ3n) is 9.81. The molecule has 20 heteroatoms. The summed E-state index contributed by atoms with van der Waals surface area (Å²) in [6.45, 7) is 12.0. The fraction of sp³-hybridized carbons (Fsp3) is 0.511. The van der Waals surface area contributed by atoms with Gasteiger partial charge in [0, 0.05) is 44.4 Å². The lowest BCUT2D eigenvalue weighted by atomic mass is 9.94. The molecule has 0 N–H and O–H groups in total. The number of halogens is 6. The van der Waals surface area contributed by atoms with Gasteiger partial charge < -0.3 is 47.4 Å². The Morgan fingerprint density at radius 1 is 0.478 bits per heavy atom. The first-order valence-electron chi connectivity index (χ1n) is 21.3. The topological polar surface area (TPSA) is 126 Å². The zero-order valence-electron chi connectivity index (χ0n) is 37.8. The van der Waals surface area contributed by atoms with E-state index in [-0.39, 0.29) is 40.2 Å². The number of rotatable bonds is 31. The first kappa shape index (κ1) is 55.4. The van der Waals surface area contributed by atoms with Crippen LogP contribution in [0.15, 0.2) is 60.7 Å². The van der Waals surface area contributed by atoms with E-state index >= 15 is 26.3 Å². The van der Waals surface area contributed by atoms with Gasteiger partial charge in [-0.2, -0.15) is 35.9 Å². The molecule has 0 amide bonds. The first-order valence-corrected chi connectivity index (χ1v) is 23.0. The number of hydrogen-bond acceptors (Lipinski definition) is 14. The van der Waals surface area contributed by atoms with Gasteiger partial charge in [-0.05, 0) is 104 Å². The fourth-order valence-electron chi connectivity index (χ4n) is 6.53. The highest BCUT2D eigenvalue weighted by Crippen LogP contribution is 2.66. The summed E-state index contributed by atoms with van der Waals surface area (Å²) >= 11 is 2.09. The summed E-state index contributed by atoms with van der Waals surface area (Å²) in [7, 11) is 1.60. The Hall–Kier alpha value is -4.18. The maximum absolute atomic E-state index is 15.9. The van der Waals surface area contributed by atoms with E-state index in [4.69, 9.17) is 57.0 Å². The Balaban J connectivity index is 0.00000318. The van der Waals surface area contributed by atoms with E-state index in [1.165, 1.54) is 26.0 Å². The Morgan fingerprint density at radius 2 is 0.776 bits per heavy atom. The van der Waals surface area contributed by atoms with Crippen LogP contribution >= 0.6 is 22.7 Å². The molecule has 0 saturated heterocycles. The lowest BCUT2D eigenvalue weighted by molar-refractivity contribution is -0.254. The zero-order valence-corrected chi connectivity index (χ0v) is 39.4. The van der Waals surface area contributed by atoms with Crippen molar-refractivity contribution in [1.29, 1.82) is 0 Å². The normalized spacial score (nSPS) is 14.8. The number of hydrogen-bond donors (Lipinski definition) is 0. The molecule has 12 nitrogen and oxygen atoms in total. The average molecular weight is 991 g/mol. The van der Waals surface area contributed by atoms with E-state index in [2.05, 4.69) is 0 Å². The summed E-state index contributed by atoms with van der Waals surface area (Å²) in [5.41, 5.74) is -2.34. The van der Waals surface area contributed by atoms with Crippen LogP contribution in [0.5, 0.6) is 11.5 Å². The van der Waals surface area contributed by atoms with Crippen molar-refractivity contribution in [3.8, 4) is 32.4 Å². The highest BCUT2D eigenvalue weighted by Gasteiger charge is 2.80. The number of methoxy groups -OCH3 is 1. The monoisotopic (exact) mass is 990 g/mol. The SMILES string of the molecule is CCOCCOCCOCCOCCOc1ccc(-c2cc(C3=C(c4cc(-c5ccc(OCCOCCOCCOCCOC)cc5)sc4C)C(F)(F)C(F)(F)C3(F)F)c(C)s2)cc1.O=C=O. The van der Waals surface area contributed by atoms with Crippen LogP contribution in [0.1, 0.15) is 27.8 Å². The molecule has 0 radical (unpaired) electrons. The largest absolute Gasteiger partial charge is 0.491 e. The number of carbonyl (C=O) groups excluding carboxylic acids is 2. The van der Waals surface area contributed by atoms with Gasteiger partial charge in [0.05, 0.1) is 92.5 Å². The van der Waals surface area contributed by atoms with Crippen molar-refractivity contribution in [3.63, 3.8) is 0 Å². The van der Waals surface area contributed by atoms with Crippen LogP contribution in [-0.4, -0.2) is 143 Å². The molecule has 0 saturated carbocycles. The van der Waals surface area contributed by atoms with Crippen molar-refractivity contribution in [2.75, 3.05) is 119 Å². The van der Waals surface area contributed by atoms with E-state index in [0.717, 1.165) is 22.7 Å². The first-order chi connectivity index (χ1) is 32.2. The van der Waals surface area contributed by atoms with Crippen LogP contribution < -0.4 is 9.47 Å². The predicted molar refractivity (Wildman–Crippen MR) is 240 cm³/mol. The van der Waals surface area contributed by atoms with Crippen molar-refractivity contribution in [3.05, 3.63) is 81.5 Å². The molecule has 0 spiro atoms. The van der Waals surface area contributed by atoms with Crippen molar-refractivity contribution in [2.24, 2.45) is 0 Å². The van der Waals surface area contributed by atoms with Crippen LogP contribution in [0.25, 0.3) is 32.0 Å². The van der Waals surface area contributed by atoms with Gasteiger partial charge in [0.1, 0.15) is 24.7 Å². The standard InChI is InChI=1S/C46H56F6O10S2.CO2/c1-5-54-16-17-56-20-21-58-23-25-60-27-29-62-37-12-8-35(9-13-37)41-31-39(33(3)64-41)43-42(44(47,48)46(51,52)45(43,49)50)38-30-40(63-32(38)2)34-6-10-36(11-7-34)61-28-26-59-24-22-57-19-18-55-15-14-53-4;2-1-3/h6-13,30-31H,5,14-29H2,1-4H3;. The zero-order chi connectivity index (χ0) is 48.7. The molecule has 1 aliphatic rings. The van der Waals surface area contributed by atoms with E-state index in [1.54, 1.807) is 55.6 Å². The van der Waals surface area contributed by atoms with Gasteiger partial charge in [0.15, 0.2) is 0 Å². The number of thiophene rings is 2. The van der Waals surface area contributed by atoms with Crippen molar-refractivity contribution in [2.45, 2.75) is 38.5 Å². The molecule has 0 aliphatic heterocycles. The number of alkyl halides is 6. The lowest BCUT2D eigenvalue weighted by Crippen LogP contribution is -2.48. The van der Waals surface area contributed by atoms with Gasteiger partial charge in [0.25, 0.3) is 0 Å². The summed E-state index contributed by atoms with van der Waals surface area (Å²) in [6.07, 6.45) is 0.250. The summed E-state index contributed by atoms with van der Waals surface area (Å²) < 4.78 is 148. The molecule has 2 aromatic heterocycles. The molecular weight excluding hydrogens is 935 g/mol. The maximum Gasteiger partial charge on any atom is 0.380 e. The molecule has 67 heavy (non-hydrogen) atoms. The van der Waals surface area contributed by atoms with Crippen LogP contribution in [0.4, 0.5) is 26.3 Å². The lowest BCUT2D eigenvalue weighted by Gasteiger charge is -2.25. The van der Waals surface area contributed by atoms with Gasteiger partial charge in [-0.3, -0.25) is 0 Å². The Kier molecular flexibility index (Phi) is 23.4. The third-order valence-corrected chi connectivity index (χ3v) is 12.0. The molecule has 0 fully saturated rings. The Morgan fingerprint density at radius 3 is 1.09 bits per heavy atom. The van der Waals surface area contributed by atoms with Crippen LogP contribution in [-0.2, 0) is 47.5 Å². The van der Waals surface area contributed by atoms with Gasteiger partial charge in [-0.25, -0.2) is 0 Å². The number of aryl methyl sites for hydroxylation is 2. The molecule has 4 aromatic rings. The average Bonchev–Trinajstić information content (AvgIpc) is 3.91. The van der Waals surface area contributed by atoms with Gasteiger partial charge in [-0.1, -0.05) is 0 Å². The Bertz CT molecular complexity index is 2120. The molecule has 0 bridgehead atoms. The van der Waals surface area contributed by atoms with Crippen molar-refractivity contribution >= 4 is 40.0 Å². The molecule has 0 unspecified atom stereocenters. The Labute approximate surface area is 393 Å². The molecule has 2 heterocycles. The summed E-state index contributed by atoms with van der Waals surface area (Å²) in [5.74, 6) is -15.0. The van der Waals surface area contributed by atoms with Crippen molar-refractivity contribution < 1.29 is 83.3 Å². The minimum Gasteiger partial charge on any atom is -0.491 e. The van der Waals surface area contributed by atoms with Gasteiger partial charge in [0.2, 0.25) is 0 Å². The summed E-state index contributed by atoms with van der Waals surface area (Å²) in [6, 6.07) is 16.0. The van der Waals surface area contributed by atoms with Crippen LogP contribution in [0.2, 0.25) is 0 Å². The predicted octanol–water partition coefficient (Wildman–Crippen LogP) is 9.55. The minimum atomic E-state index is -5.68. The van der Waals surface area contributed by atoms with E-state index in [0.29, 0.717) is 131 Å². The fourth-order valence-corrected chi connectivity index (χ4v) is 8.60. The van der Waals surface area contributed by atoms with Crippen LogP contribution in [0, 0.1) is 13.8 Å². The highest BCUT2D eigenvalue weighted by atomic mass is 32.1. The molecule has 2 aromatic carbocycles. The second kappa shape index (κ2) is 28.3. The minimum absolute atomic E-state index is 0.188. The van der Waals surface area contributed by atoms with Gasteiger partial charge >= 0.3 is 23.9 Å².